The predicted molar refractivity (Wildman–Crippen MR) is 86.3 cm³/mol. The van der Waals surface area contributed by atoms with Gasteiger partial charge in [-0.05, 0) is 30.0 Å². The maximum absolute atomic E-state index is 12.0. The van der Waals surface area contributed by atoms with Gasteiger partial charge in [0.2, 0.25) is 5.91 Å². The van der Waals surface area contributed by atoms with Crippen LogP contribution in [0.25, 0.3) is 0 Å². The number of amides is 2. The molecule has 0 heterocycles. The van der Waals surface area contributed by atoms with Crippen molar-refractivity contribution < 1.29 is 9.59 Å². The fourth-order valence-electron chi connectivity index (χ4n) is 2.25. The van der Waals surface area contributed by atoms with E-state index in [1.807, 2.05) is 56.3 Å². The summed E-state index contributed by atoms with van der Waals surface area (Å²) >= 11 is 0. The average Bonchev–Trinajstić information content (AvgIpc) is 2.54. The molecule has 2 N–H and O–H groups in total. The lowest BCUT2D eigenvalue weighted by molar-refractivity contribution is -0.122. The Labute approximate surface area is 130 Å². The van der Waals surface area contributed by atoms with Crippen molar-refractivity contribution in [3.8, 4) is 0 Å². The molecule has 0 spiro atoms. The highest BCUT2D eigenvalue weighted by Crippen LogP contribution is 2.17. The molecule has 2 aromatic rings. The van der Waals surface area contributed by atoms with Crippen LogP contribution in [-0.4, -0.2) is 11.8 Å². The van der Waals surface area contributed by atoms with E-state index in [1.54, 1.807) is 12.1 Å². The Morgan fingerprint density at radius 2 is 1.59 bits per heavy atom. The first-order valence-corrected chi connectivity index (χ1v) is 7.27. The van der Waals surface area contributed by atoms with Crippen molar-refractivity contribution in [2.75, 3.05) is 0 Å². The quantitative estimate of drug-likeness (QED) is 0.852. The third kappa shape index (κ3) is 4.19. The second kappa shape index (κ2) is 7.41. The van der Waals surface area contributed by atoms with E-state index in [1.165, 1.54) is 0 Å². The van der Waals surface area contributed by atoms with Crippen LogP contribution in [-0.2, 0) is 4.79 Å². The maximum atomic E-state index is 12.0. The number of nitrogens with one attached hydrogen (secondary N) is 2. The Kier molecular flexibility index (Phi) is 5.31. The summed E-state index contributed by atoms with van der Waals surface area (Å²) in [4.78, 5) is 23.9. The second-order valence-corrected chi connectivity index (χ2v) is 5.33. The molecule has 0 aromatic heterocycles. The van der Waals surface area contributed by atoms with Crippen molar-refractivity contribution in [3.63, 3.8) is 0 Å². The monoisotopic (exact) mass is 296 g/mol. The Bertz CT molecular complexity index is 653. The van der Waals surface area contributed by atoms with Gasteiger partial charge in [-0.3, -0.25) is 20.4 Å². The molecule has 0 radical (unpaired) electrons. The highest BCUT2D eigenvalue weighted by molar-refractivity contribution is 5.96. The molecule has 0 aliphatic heterocycles. The van der Waals surface area contributed by atoms with Crippen molar-refractivity contribution in [1.82, 2.24) is 10.9 Å². The van der Waals surface area contributed by atoms with Crippen LogP contribution in [0.4, 0.5) is 0 Å². The van der Waals surface area contributed by atoms with Gasteiger partial charge in [-0.15, -0.1) is 0 Å². The fourth-order valence-corrected chi connectivity index (χ4v) is 2.25. The van der Waals surface area contributed by atoms with E-state index in [2.05, 4.69) is 10.9 Å². The van der Waals surface area contributed by atoms with E-state index in [-0.39, 0.29) is 17.7 Å². The smallest absolute Gasteiger partial charge is 0.269 e. The zero-order valence-corrected chi connectivity index (χ0v) is 12.8. The molecule has 2 aromatic carbocycles. The number of hydrazine groups is 1. The number of rotatable bonds is 4. The van der Waals surface area contributed by atoms with Gasteiger partial charge in [0.05, 0.1) is 0 Å². The number of carbonyl (C=O) groups is 2. The van der Waals surface area contributed by atoms with Crippen molar-refractivity contribution in [2.45, 2.75) is 26.2 Å². The third-order valence-electron chi connectivity index (χ3n) is 3.57. The van der Waals surface area contributed by atoms with E-state index >= 15 is 0 Å². The summed E-state index contributed by atoms with van der Waals surface area (Å²) in [5.41, 5.74) is 7.45. The van der Waals surface area contributed by atoms with Gasteiger partial charge >= 0.3 is 0 Å². The summed E-state index contributed by atoms with van der Waals surface area (Å²) in [6, 6.07) is 17.1. The minimum absolute atomic E-state index is 0.0940. The van der Waals surface area contributed by atoms with Crippen LogP contribution in [0.15, 0.2) is 54.6 Å². The zero-order valence-electron chi connectivity index (χ0n) is 12.8. The second-order valence-electron chi connectivity index (χ2n) is 5.33. The first-order valence-electron chi connectivity index (χ1n) is 7.27. The van der Waals surface area contributed by atoms with Crippen molar-refractivity contribution >= 4 is 11.8 Å². The summed E-state index contributed by atoms with van der Waals surface area (Å²) < 4.78 is 0. The summed E-state index contributed by atoms with van der Waals surface area (Å²) in [6.07, 6.45) is 0.318. The van der Waals surface area contributed by atoms with Gasteiger partial charge in [-0.1, -0.05) is 55.5 Å². The molecule has 0 saturated carbocycles. The van der Waals surface area contributed by atoms with Gasteiger partial charge in [0.25, 0.3) is 5.91 Å². The molecule has 114 valence electrons. The minimum atomic E-state index is -0.307. The van der Waals surface area contributed by atoms with Gasteiger partial charge in [-0.2, -0.15) is 0 Å². The van der Waals surface area contributed by atoms with Gasteiger partial charge in [0.15, 0.2) is 0 Å². The lowest BCUT2D eigenvalue weighted by atomic mass is 9.98. The van der Waals surface area contributed by atoms with Crippen LogP contribution in [0, 0.1) is 6.92 Å². The van der Waals surface area contributed by atoms with E-state index in [4.69, 9.17) is 0 Å². The van der Waals surface area contributed by atoms with Crippen LogP contribution < -0.4 is 10.9 Å². The van der Waals surface area contributed by atoms with Gasteiger partial charge < -0.3 is 0 Å². The minimum Gasteiger partial charge on any atom is -0.273 e. The van der Waals surface area contributed by atoms with Crippen molar-refractivity contribution in [3.05, 3.63) is 71.3 Å². The van der Waals surface area contributed by atoms with Gasteiger partial charge in [0.1, 0.15) is 0 Å². The number of carbonyl (C=O) groups excluding carboxylic acids is 2. The molecule has 4 heteroatoms. The molecule has 2 rings (SSSR count). The molecule has 0 saturated heterocycles. The first kappa shape index (κ1) is 15.8. The standard InChI is InChI=1S/C18H20N2O2/c1-13-8-6-7-11-16(13)18(22)20-19-17(21)12-14(2)15-9-4-3-5-10-15/h3-11,14H,12H2,1-2H3,(H,19,21)(H,20,22). The first-order chi connectivity index (χ1) is 10.6. The van der Waals surface area contributed by atoms with E-state index in [9.17, 15) is 9.59 Å². The number of benzene rings is 2. The molecule has 1 atom stereocenters. The Morgan fingerprint density at radius 3 is 2.27 bits per heavy atom. The lowest BCUT2D eigenvalue weighted by Crippen LogP contribution is -2.42. The normalized spacial score (nSPS) is 11.5. The molecule has 1 unspecified atom stereocenters. The van der Waals surface area contributed by atoms with Crippen molar-refractivity contribution in [1.29, 1.82) is 0 Å². The molecule has 0 bridgehead atoms. The van der Waals surface area contributed by atoms with E-state index in [0.717, 1.165) is 11.1 Å². The SMILES string of the molecule is Cc1ccccc1C(=O)NNC(=O)CC(C)c1ccccc1. The summed E-state index contributed by atoms with van der Waals surface area (Å²) in [7, 11) is 0. The van der Waals surface area contributed by atoms with Crippen LogP contribution in [0.1, 0.15) is 40.7 Å². The number of hydrogen-bond acceptors (Lipinski definition) is 2. The fraction of sp³-hybridized carbons (Fsp3) is 0.222. The number of aryl methyl sites for hydroxylation is 1. The Balaban J connectivity index is 1.85. The Morgan fingerprint density at radius 1 is 0.955 bits per heavy atom. The highest BCUT2D eigenvalue weighted by atomic mass is 16.2. The van der Waals surface area contributed by atoms with Crippen LogP contribution >= 0.6 is 0 Å². The van der Waals surface area contributed by atoms with Gasteiger partial charge in [-0.25, -0.2) is 0 Å². The third-order valence-corrected chi connectivity index (χ3v) is 3.57. The number of hydrogen-bond donors (Lipinski definition) is 2. The molecule has 22 heavy (non-hydrogen) atoms. The van der Waals surface area contributed by atoms with E-state index in [0.29, 0.717) is 12.0 Å². The van der Waals surface area contributed by atoms with E-state index < -0.39 is 0 Å². The predicted octanol–water partition coefficient (Wildman–Crippen LogP) is 2.95. The van der Waals surface area contributed by atoms with Crippen LogP contribution in [0.3, 0.4) is 0 Å². The lowest BCUT2D eigenvalue weighted by Gasteiger charge is -2.13. The molecule has 0 aliphatic rings. The highest BCUT2D eigenvalue weighted by Gasteiger charge is 2.13. The molecule has 2 amide bonds. The summed E-state index contributed by atoms with van der Waals surface area (Å²) in [6.45, 7) is 3.84. The topological polar surface area (TPSA) is 58.2 Å². The Hall–Kier alpha value is -2.62. The molecular weight excluding hydrogens is 276 g/mol. The average molecular weight is 296 g/mol. The van der Waals surface area contributed by atoms with Crippen molar-refractivity contribution in [2.24, 2.45) is 0 Å². The molecule has 0 aliphatic carbocycles. The zero-order chi connectivity index (χ0) is 15.9. The largest absolute Gasteiger partial charge is 0.273 e. The van der Waals surface area contributed by atoms with Gasteiger partial charge in [0, 0.05) is 12.0 Å². The molecule has 0 fully saturated rings. The van der Waals surface area contributed by atoms with Crippen LogP contribution in [0.2, 0.25) is 0 Å². The van der Waals surface area contributed by atoms with Crippen LogP contribution in [0.5, 0.6) is 0 Å². The summed E-state index contributed by atoms with van der Waals surface area (Å²) in [5.74, 6) is -0.423. The summed E-state index contributed by atoms with van der Waals surface area (Å²) in [5, 5.41) is 0. The molecule has 4 nitrogen and oxygen atoms in total. The molecular formula is C18H20N2O2. The maximum Gasteiger partial charge on any atom is 0.269 e.